The van der Waals surface area contributed by atoms with Crippen LogP contribution in [-0.4, -0.2) is 30.0 Å². The third kappa shape index (κ3) is 3.66. The minimum Gasteiger partial charge on any atom is -0.329 e. The lowest BCUT2D eigenvalue weighted by atomic mass is 10.1. The summed E-state index contributed by atoms with van der Waals surface area (Å²) in [6.07, 6.45) is 4.72. The average molecular weight is 289 g/mol. The summed E-state index contributed by atoms with van der Waals surface area (Å²) in [5.74, 6) is 0. The van der Waals surface area contributed by atoms with Crippen LogP contribution in [0.15, 0.2) is 30.6 Å². The highest BCUT2D eigenvalue weighted by Gasteiger charge is 2.18. The molecular formula is C16H23N3S. The number of hydrogen-bond donors (Lipinski definition) is 1. The molecular weight excluding hydrogens is 266 g/mol. The number of hydrogen-bond acceptors (Lipinski definition) is 4. The predicted octanol–water partition coefficient (Wildman–Crippen LogP) is 2.93. The van der Waals surface area contributed by atoms with Gasteiger partial charge in [-0.05, 0) is 56.6 Å². The first-order valence-corrected chi connectivity index (χ1v) is 7.79. The molecule has 0 saturated carbocycles. The standard InChI is InChI=1S/C16H23N3S/c1-12-10-15(13(2)20-12)16(11-17)19(3)9-6-14-4-7-18-8-5-14/h4-5,7-8,10,16H,6,9,11,17H2,1-3H3. The molecule has 20 heavy (non-hydrogen) atoms. The minimum atomic E-state index is 0.307. The Bertz CT molecular complexity index is 536. The van der Waals surface area contributed by atoms with E-state index in [4.69, 9.17) is 5.73 Å². The Morgan fingerprint density at radius 1 is 1.30 bits per heavy atom. The number of nitrogens with zero attached hydrogens (tertiary/aromatic N) is 2. The number of likely N-dealkylation sites (N-methyl/N-ethyl adjacent to an activating group) is 1. The molecule has 2 aromatic heterocycles. The fourth-order valence-electron chi connectivity index (χ4n) is 2.54. The Morgan fingerprint density at radius 3 is 2.55 bits per heavy atom. The lowest BCUT2D eigenvalue weighted by Gasteiger charge is -2.27. The van der Waals surface area contributed by atoms with Crippen molar-refractivity contribution in [1.82, 2.24) is 9.88 Å². The second-order valence-electron chi connectivity index (χ2n) is 5.21. The summed E-state index contributed by atoms with van der Waals surface area (Å²) in [5, 5.41) is 0. The van der Waals surface area contributed by atoms with Crippen molar-refractivity contribution < 1.29 is 0 Å². The van der Waals surface area contributed by atoms with Gasteiger partial charge in [0.2, 0.25) is 0 Å². The van der Waals surface area contributed by atoms with Crippen LogP contribution in [0.4, 0.5) is 0 Å². The summed E-state index contributed by atoms with van der Waals surface area (Å²) in [5.41, 5.74) is 8.71. The second kappa shape index (κ2) is 6.97. The van der Waals surface area contributed by atoms with E-state index in [1.165, 1.54) is 20.9 Å². The molecule has 2 heterocycles. The van der Waals surface area contributed by atoms with Gasteiger partial charge in [-0.1, -0.05) is 0 Å². The van der Waals surface area contributed by atoms with Crippen molar-refractivity contribution >= 4 is 11.3 Å². The molecule has 3 nitrogen and oxygen atoms in total. The summed E-state index contributed by atoms with van der Waals surface area (Å²) < 4.78 is 0. The van der Waals surface area contributed by atoms with Gasteiger partial charge in [0.15, 0.2) is 0 Å². The quantitative estimate of drug-likeness (QED) is 0.889. The Kier molecular flexibility index (Phi) is 5.29. The number of aryl methyl sites for hydroxylation is 2. The van der Waals surface area contributed by atoms with Gasteiger partial charge >= 0.3 is 0 Å². The number of thiophene rings is 1. The zero-order chi connectivity index (χ0) is 14.5. The SMILES string of the molecule is Cc1cc(C(CN)N(C)CCc2ccncc2)c(C)s1. The molecule has 1 unspecified atom stereocenters. The van der Waals surface area contributed by atoms with Crippen LogP contribution >= 0.6 is 11.3 Å². The molecule has 0 aliphatic heterocycles. The topological polar surface area (TPSA) is 42.1 Å². The first-order valence-electron chi connectivity index (χ1n) is 6.98. The van der Waals surface area contributed by atoms with E-state index in [-0.39, 0.29) is 0 Å². The zero-order valence-corrected chi connectivity index (χ0v) is 13.3. The molecule has 0 fully saturated rings. The molecule has 0 bridgehead atoms. The summed E-state index contributed by atoms with van der Waals surface area (Å²) >= 11 is 1.85. The Morgan fingerprint density at radius 2 is 2.00 bits per heavy atom. The minimum absolute atomic E-state index is 0.307. The summed E-state index contributed by atoms with van der Waals surface area (Å²) in [4.78, 5) is 9.15. The van der Waals surface area contributed by atoms with Crippen LogP contribution in [-0.2, 0) is 6.42 Å². The molecule has 1 atom stereocenters. The molecule has 0 spiro atoms. The summed E-state index contributed by atoms with van der Waals surface area (Å²) in [6.45, 7) is 6.00. The van der Waals surface area contributed by atoms with Crippen molar-refractivity contribution in [3.05, 3.63) is 51.5 Å². The molecule has 0 aromatic carbocycles. The number of aromatic nitrogens is 1. The number of nitrogens with two attached hydrogens (primary N) is 1. The maximum Gasteiger partial charge on any atom is 0.0478 e. The molecule has 108 valence electrons. The van der Waals surface area contributed by atoms with Crippen LogP contribution in [0.5, 0.6) is 0 Å². The zero-order valence-electron chi connectivity index (χ0n) is 12.5. The normalized spacial score (nSPS) is 12.8. The van der Waals surface area contributed by atoms with Crippen molar-refractivity contribution in [2.45, 2.75) is 26.3 Å². The van der Waals surface area contributed by atoms with E-state index in [9.17, 15) is 0 Å². The average Bonchev–Trinajstić information content (AvgIpc) is 2.77. The highest BCUT2D eigenvalue weighted by Crippen LogP contribution is 2.29. The summed E-state index contributed by atoms with van der Waals surface area (Å²) in [7, 11) is 2.16. The van der Waals surface area contributed by atoms with E-state index in [0.717, 1.165) is 13.0 Å². The van der Waals surface area contributed by atoms with Gasteiger partial charge in [-0.3, -0.25) is 9.88 Å². The van der Waals surface area contributed by atoms with Gasteiger partial charge in [-0.2, -0.15) is 0 Å². The van der Waals surface area contributed by atoms with Gasteiger partial charge in [0.25, 0.3) is 0 Å². The lowest BCUT2D eigenvalue weighted by Crippen LogP contribution is -2.32. The van der Waals surface area contributed by atoms with E-state index in [1.54, 1.807) is 0 Å². The molecule has 2 aromatic rings. The number of pyridine rings is 1. The Hall–Kier alpha value is -1.23. The van der Waals surface area contributed by atoms with Crippen molar-refractivity contribution in [1.29, 1.82) is 0 Å². The molecule has 4 heteroatoms. The second-order valence-corrected chi connectivity index (χ2v) is 6.67. The van der Waals surface area contributed by atoms with Gasteiger partial charge in [-0.15, -0.1) is 11.3 Å². The fourth-order valence-corrected chi connectivity index (χ4v) is 3.52. The molecule has 0 aliphatic rings. The maximum absolute atomic E-state index is 6.01. The molecule has 0 aliphatic carbocycles. The Balaban J connectivity index is 2.02. The van der Waals surface area contributed by atoms with Crippen LogP contribution in [0.1, 0.15) is 26.9 Å². The van der Waals surface area contributed by atoms with Crippen molar-refractivity contribution in [2.24, 2.45) is 5.73 Å². The maximum atomic E-state index is 6.01. The van der Waals surface area contributed by atoms with Crippen molar-refractivity contribution in [3.63, 3.8) is 0 Å². The molecule has 2 N–H and O–H groups in total. The molecule has 2 rings (SSSR count). The van der Waals surface area contributed by atoms with E-state index < -0.39 is 0 Å². The predicted molar refractivity (Wildman–Crippen MR) is 86.2 cm³/mol. The third-order valence-electron chi connectivity index (χ3n) is 3.70. The lowest BCUT2D eigenvalue weighted by molar-refractivity contribution is 0.253. The fraction of sp³-hybridized carbons (Fsp3) is 0.438. The van der Waals surface area contributed by atoms with E-state index >= 15 is 0 Å². The van der Waals surface area contributed by atoms with Gasteiger partial charge in [-0.25, -0.2) is 0 Å². The van der Waals surface area contributed by atoms with Crippen LogP contribution in [0.25, 0.3) is 0 Å². The summed E-state index contributed by atoms with van der Waals surface area (Å²) in [6, 6.07) is 6.73. The highest BCUT2D eigenvalue weighted by molar-refractivity contribution is 7.12. The molecule has 0 saturated heterocycles. The van der Waals surface area contributed by atoms with Crippen LogP contribution < -0.4 is 5.73 Å². The van der Waals surface area contributed by atoms with E-state index in [2.05, 4.69) is 49.0 Å². The van der Waals surface area contributed by atoms with Gasteiger partial charge < -0.3 is 5.73 Å². The smallest absolute Gasteiger partial charge is 0.0478 e. The van der Waals surface area contributed by atoms with E-state index in [0.29, 0.717) is 12.6 Å². The van der Waals surface area contributed by atoms with Crippen LogP contribution in [0, 0.1) is 13.8 Å². The monoisotopic (exact) mass is 289 g/mol. The van der Waals surface area contributed by atoms with Crippen LogP contribution in [0.3, 0.4) is 0 Å². The van der Waals surface area contributed by atoms with Gasteiger partial charge in [0.1, 0.15) is 0 Å². The van der Waals surface area contributed by atoms with Crippen molar-refractivity contribution in [2.75, 3.05) is 20.1 Å². The van der Waals surface area contributed by atoms with Crippen molar-refractivity contribution in [3.8, 4) is 0 Å². The first-order chi connectivity index (χ1) is 9.61. The molecule has 0 radical (unpaired) electrons. The molecule has 0 amide bonds. The van der Waals surface area contributed by atoms with E-state index in [1.807, 2.05) is 23.7 Å². The third-order valence-corrected chi connectivity index (χ3v) is 4.68. The Labute approximate surface area is 125 Å². The van der Waals surface area contributed by atoms with Gasteiger partial charge in [0.05, 0.1) is 0 Å². The highest BCUT2D eigenvalue weighted by atomic mass is 32.1. The first kappa shape index (κ1) is 15.2. The van der Waals surface area contributed by atoms with Gasteiger partial charge in [0, 0.05) is 41.3 Å². The number of rotatable bonds is 6. The van der Waals surface area contributed by atoms with Crippen LogP contribution in [0.2, 0.25) is 0 Å². The largest absolute Gasteiger partial charge is 0.329 e.